The van der Waals surface area contributed by atoms with Gasteiger partial charge in [0.25, 0.3) is 0 Å². The van der Waals surface area contributed by atoms with Crippen molar-refractivity contribution in [1.29, 1.82) is 0 Å². The van der Waals surface area contributed by atoms with Gasteiger partial charge in [0, 0.05) is 31.4 Å². The summed E-state index contributed by atoms with van der Waals surface area (Å²) in [7, 11) is 3.18. The molecule has 0 unspecified atom stereocenters. The van der Waals surface area contributed by atoms with Crippen molar-refractivity contribution in [2.24, 2.45) is 5.16 Å². The van der Waals surface area contributed by atoms with Crippen molar-refractivity contribution in [3.05, 3.63) is 24.5 Å². The van der Waals surface area contributed by atoms with E-state index in [1.807, 2.05) is 19.1 Å². The molecule has 0 aliphatic carbocycles. The summed E-state index contributed by atoms with van der Waals surface area (Å²) < 4.78 is 0. The van der Waals surface area contributed by atoms with Gasteiger partial charge in [-0.1, -0.05) is 16.5 Å². The molecule has 8 heteroatoms. The van der Waals surface area contributed by atoms with Gasteiger partial charge >= 0.3 is 0 Å². The monoisotopic (exact) mass is 319 g/mol. The van der Waals surface area contributed by atoms with E-state index in [-0.39, 0.29) is 5.91 Å². The zero-order valence-electron chi connectivity index (χ0n) is 12.7. The highest BCUT2D eigenvalue weighted by Gasteiger charge is 2.16. The molecule has 116 valence electrons. The largest absolute Gasteiger partial charge is 0.399 e. The molecular weight excluding hydrogens is 302 g/mol. The van der Waals surface area contributed by atoms with Gasteiger partial charge in [-0.05, 0) is 25.5 Å². The van der Waals surface area contributed by atoms with Crippen LogP contribution in [0, 0.1) is 0 Å². The maximum atomic E-state index is 12.2. The average Bonchev–Trinajstić information content (AvgIpc) is 3.03. The maximum Gasteiger partial charge on any atom is 0.228 e. The van der Waals surface area contributed by atoms with E-state index in [1.165, 1.54) is 23.3 Å². The van der Waals surface area contributed by atoms with E-state index >= 15 is 0 Å². The average molecular weight is 319 g/mol. The van der Waals surface area contributed by atoms with Crippen LogP contribution in [-0.2, 0) is 9.63 Å². The molecule has 2 aromatic rings. The van der Waals surface area contributed by atoms with Gasteiger partial charge in [-0.15, -0.1) is 10.2 Å². The molecule has 1 amide bonds. The van der Waals surface area contributed by atoms with Crippen LogP contribution in [0.5, 0.6) is 0 Å². The quantitative estimate of drug-likeness (QED) is 0.603. The first-order valence-corrected chi connectivity index (χ1v) is 7.50. The second-order valence-corrected chi connectivity index (χ2v) is 5.55. The van der Waals surface area contributed by atoms with Crippen LogP contribution in [0.1, 0.15) is 19.8 Å². The molecule has 0 bridgehead atoms. The third-order valence-electron chi connectivity index (χ3n) is 2.93. The predicted molar refractivity (Wildman–Crippen MR) is 85.9 cm³/mol. The highest BCUT2D eigenvalue weighted by molar-refractivity contribution is 7.18. The number of aromatic nitrogens is 3. The van der Waals surface area contributed by atoms with Crippen LogP contribution in [-0.4, -0.2) is 41.0 Å². The zero-order chi connectivity index (χ0) is 15.9. The maximum absolute atomic E-state index is 12.2. The highest BCUT2D eigenvalue weighted by atomic mass is 32.1. The second-order valence-electron chi connectivity index (χ2n) is 4.59. The number of carbonyl (C=O) groups excluding carboxylic acids is 1. The van der Waals surface area contributed by atoms with Crippen LogP contribution >= 0.6 is 11.3 Å². The summed E-state index contributed by atoms with van der Waals surface area (Å²) in [5.41, 5.74) is 1.66. The summed E-state index contributed by atoms with van der Waals surface area (Å²) in [6, 6.07) is 3.74. The minimum absolute atomic E-state index is 0.0421. The highest BCUT2D eigenvalue weighted by Crippen LogP contribution is 2.27. The third-order valence-corrected chi connectivity index (χ3v) is 3.98. The molecule has 0 atom stereocenters. The van der Waals surface area contributed by atoms with E-state index in [2.05, 4.69) is 25.2 Å². The van der Waals surface area contributed by atoms with Crippen LogP contribution in [0.15, 0.2) is 29.7 Å². The van der Waals surface area contributed by atoms with E-state index in [0.29, 0.717) is 18.0 Å². The van der Waals surface area contributed by atoms with Crippen LogP contribution in [0.3, 0.4) is 0 Å². The topological polar surface area (TPSA) is 80.6 Å². The summed E-state index contributed by atoms with van der Waals surface area (Å²) in [5.74, 6) is -0.0421. The molecule has 2 aromatic heterocycles. The molecule has 0 spiro atoms. The molecule has 0 saturated carbocycles. The molecule has 22 heavy (non-hydrogen) atoms. The molecule has 0 aliphatic heterocycles. The van der Waals surface area contributed by atoms with Crippen molar-refractivity contribution in [1.82, 2.24) is 15.2 Å². The van der Waals surface area contributed by atoms with Gasteiger partial charge in [-0.25, -0.2) is 0 Å². The first kappa shape index (κ1) is 16.0. The fourth-order valence-corrected chi connectivity index (χ4v) is 2.53. The summed E-state index contributed by atoms with van der Waals surface area (Å²) in [6.07, 6.45) is 4.31. The van der Waals surface area contributed by atoms with E-state index in [1.54, 1.807) is 19.4 Å². The van der Waals surface area contributed by atoms with Crippen molar-refractivity contribution < 1.29 is 9.63 Å². The molecule has 0 fully saturated rings. The third kappa shape index (κ3) is 4.08. The van der Waals surface area contributed by atoms with Gasteiger partial charge in [0.2, 0.25) is 11.0 Å². The van der Waals surface area contributed by atoms with Crippen LogP contribution in [0.2, 0.25) is 0 Å². The molecule has 0 aromatic carbocycles. The standard InChI is InChI=1S/C14H17N5O2S/c1-10(18-21-3)6-7-12(20)19(2)14-17-16-13(22-14)11-5-4-8-15-9-11/h4-5,8-9H,6-7H2,1-3H3/b18-10-. The molecule has 0 N–H and O–H groups in total. The van der Waals surface area contributed by atoms with E-state index in [0.717, 1.165) is 16.3 Å². The number of anilines is 1. The number of carbonyl (C=O) groups is 1. The van der Waals surface area contributed by atoms with Crippen molar-refractivity contribution >= 4 is 28.1 Å². The molecule has 7 nitrogen and oxygen atoms in total. The minimum atomic E-state index is -0.0421. The van der Waals surface area contributed by atoms with E-state index < -0.39 is 0 Å². The smallest absolute Gasteiger partial charge is 0.228 e. The Labute approximate surface area is 132 Å². The SMILES string of the molecule is CO/N=C(/C)CCC(=O)N(C)c1nnc(-c2cccnc2)s1. The molecule has 2 rings (SSSR count). The van der Waals surface area contributed by atoms with Crippen molar-refractivity contribution in [3.63, 3.8) is 0 Å². The summed E-state index contributed by atoms with van der Waals surface area (Å²) >= 11 is 1.35. The minimum Gasteiger partial charge on any atom is -0.399 e. The van der Waals surface area contributed by atoms with Crippen LogP contribution in [0.4, 0.5) is 5.13 Å². The Morgan fingerprint density at radius 3 is 2.91 bits per heavy atom. The van der Waals surface area contributed by atoms with Gasteiger partial charge in [-0.2, -0.15) is 0 Å². The lowest BCUT2D eigenvalue weighted by atomic mass is 10.2. The molecular formula is C14H17N5O2S. The Bertz CT molecular complexity index is 656. The lowest BCUT2D eigenvalue weighted by molar-refractivity contribution is -0.118. The number of rotatable bonds is 6. The van der Waals surface area contributed by atoms with Crippen LogP contribution < -0.4 is 4.90 Å². The Hall–Kier alpha value is -2.35. The Morgan fingerprint density at radius 1 is 1.41 bits per heavy atom. The van der Waals surface area contributed by atoms with Gasteiger partial charge in [0.05, 0.1) is 5.71 Å². The normalized spacial score (nSPS) is 11.3. The lowest BCUT2D eigenvalue weighted by Crippen LogP contribution is -2.26. The van der Waals surface area contributed by atoms with Gasteiger partial charge < -0.3 is 4.84 Å². The molecule has 0 aliphatic rings. The Kier molecular flexibility index (Phi) is 5.54. The number of hydrogen-bond acceptors (Lipinski definition) is 7. The number of hydrogen-bond donors (Lipinski definition) is 0. The predicted octanol–water partition coefficient (Wildman–Crippen LogP) is 2.37. The second kappa shape index (κ2) is 7.60. The Balaban J connectivity index is 2.01. The number of nitrogens with zero attached hydrogens (tertiary/aromatic N) is 5. The van der Waals surface area contributed by atoms with Crippen molar-refractivity contribution in [2.75, 3.05) is 19.1 Å². The molecule has 0 saturated heterocycles. The van der Waals surface area contributed by atoms with Gasteiger partial charge in [-0.3, -0.25) is 14.7 Å². The number of pyridine rings is 1. The van der Waals surface area contributed by atoms with E-state index in [9.17, 15) is 4.79 Å². The fourth-order valence-electron chi connectivity index (χ4n) is 1.72. The lowest BCUT2D eigenvalue weighted by Gasteiger charge is -2.12. The summed E-state index contributed by atoms with van der Waals surface area (Å²) in [4.78, 5) is 22.4. The first-order chi connectivity index (χ1) is 10.6. The molecule has 2 heterocycles. The van der Waals surface area contributed by atoms with Gasteiger partial charge in [0.15, 0.2) is 5.01 Å². The van der Waals surface area contributed by atoms with Gasteiger partial charge in [0.1, 0.15) is 7.11 Å². The zero-order valence-corrected chi connectivity index (χ0v) is 13.5. The summed E-state index contributed by atoms with van der Waals surface area (Å²) in [6.45, 7) is 1.82. The van der Waals surface area contributed by atoms with Crippen LogP contribution in [0.25, 0.3) is 10.6 Å². The molecule has 0 radical (unpaired) electrons. The van der Waals surface area contributed by atoms with Crippen molar-refractivity contribution in [3.8, 4) is 10.6 Å². The summed E-state index contributed by atoms with van der Waals surface area (Å²) in [5, 5.41) is 13.3. The Morgan fingerprint density at radius 2 is 2.23 bits per heavy atom. The first-order valence-electron chi connectivity index (χ1n) is 6.69. The number of oxime groups is 1. The van der Waals surface area contributed by atoms with Crippen molar-refractivity contribution in [2.45, 2.75) is 19.8 Å². The van der Waals surface area contributed by atoms with E-state index in [4.69, 9.17) is 0 Å². The fraction of sp³-hybridized carbons (Fsp3) is 0.357. The number of amides is 1.